The molecule has 1 aromatic rings. The lowest BCUT2D eigenvalue weighted by Crippen LogP contribution is -2.47. The van der Waals surface area contributed by atoms with E-state index in [2.05, 4.69) is 11.9 Å². The van der Waals surface area contributed by atoms with Crippen molar-refractivity contribution in [3.8, 4) is 0 Å². The highest BCUT2D eigenvalue weighted by atomic mass is 16.6. The van der Waals surface area contributed by atoms with E-state index in [0.717, 1.165) is 24.1 Å². The molecular weight excluding hydrogens is 304 g/mol. The molecule has 0 radical (unpaired) electrons. The molecule has 0 spiro atoms. The summed E-state index contributed by atoms with van der Waals surface area (Å²) in [5.74, 6) is -0.199. The minimum Gasteiger partial charge on any atom is -0.443 e. The van der Waals surface area contributed by atoms with E-state index in [0.29, 0.717) is 13.0 Å². The molecule has 24 heavy (non-hydrogen) atoms. The summed E-state index contributed by atoms with van der Waals surface area (Å²) in [7, 11) is 0. The van der Waals surface area contributed by atoms with E-state index < -0.39 is 5.60 Å². The molecule has 0 saturated heterocycles. The number of amides is 2. The number of ether oxygens (including phenoxy) is 1. The first-order chi connectivity index (χ1) is 11.3. The van der Waals surface area contributed by atoms with Crippen molar-refractivity contribution in [2.75, 3.05) is 11.4 Å². The number of benzene rings is 1. The lowest BCUT2D eigenvalue weighted by molar-refractivity contribution is -0.116. The number of anilines is 1. The monoisotopic (exact) mass is 330 g/mol. The van der Waals surface area contributed by atoms with Gasteiger partial charge < -0.3 is 10.1 Å². The van der Waals surface area contributed by atoms with Crippen molar-refractivity contribution in [3.05, 3.63) is 42.5 Å². The normalized spacial score (nSPS) is 17.0. The van der Waals surface area contributed by atoms with Crippen molar-refractivity contribution < 1.29 is 14.3 Å². The fourth-order valence-corrected chi connectivity index (χ4v) is 2.87. The number of aryl methyl sites for hydroxylation is 1. The first-order valence-electron chi connectivity index (χ1n) is 8.32. The van der Waals surface area contributed by atoms with Crippen molar-refractivity contribution in [3.63, 3.8) is 0 Å². The number of nitrogens with zero attached hydrogens (tertiary/aromatic N) is 1. The Hall–Kier alpha value is -2.30. The van der Waals surface area contributed by atoms with Crippen LogP contribution in [0, 0.1) is 0 Å². The minimum atomic E-state index is -0.551. The molecule has 1 heterocycles. The van der Waals surface area contributed by atoms with Gasteiger partial charge in [-0.05, 0) is 57.7 Å². The maximum Gasteiger partial charge on any atom is 0.415 e. The third-order valence-electron chi connectivity index (χ3n) is 3.92. The third kappa shape index (κ3) is 4.60. The van der Waals surface area contributed by atoms with Gasteiger partial charge in [-0.1, -0.05) is 24.8 Å². The van der Waals surface area contributed by atoms with Crippen LogP contribution in [0.4, 0.5) is 10.5 Å². The lowest BCUT2D eigenvalue weighted by Gasteiger charge is -2.38. The average molecular weight is 330 g/mol. The van der Waals surface area contributed by atoms with Crippen LogP contribution in [0.25, 0.3) is 0 Å². The van der Waals surface area contributed by atoms with Gasteiger partial charge in [-0.25, -0.2) is 4.79 Å². The van der Waals surface area contributed by atoms with E-state index in [1.165, 1.54) is 6.08 Å². The second-order valence-corrected chi connectivity index (χ2v) is 6.96. The molecule has 1 aliphatic heterocycles. The zero-order chi connectivity index (χ0) is 17.7. The Morgan fingerprint density at radius 2 is 2.08 bits per heavy atom. The molecule has 1 atom stereocenters. The molecule has 0 bridgehead atoms. The molecule has 0 aliphatic carbocycles. The predicted octanol–water partition coefficient (Wildman–Crippen LogP) is 3.44. The summed E-state index contributed by atoms with van der Waals surface area (Å²) in [5.41, 5.74) is 1.50. The van der Waals surface area contributed by atoms with Crippen LogP contribution in [0.3, 0.4) is 0 Å². The fourth-order valence-electron chi connectivity index (χ4n) is 2.87. The van der Waals surface area contributed by atoms with E-state index in [1.54, 1.807) is 4.90 Å². The maximum atomic E-state index is 12.7. The van der Waals surface area contributed by atoms with Gasteiger partial charge in [0.25, 0.3) is 0 Å². The molecular formula is C19H26N2O3. The fraction of sp³-hybridized carbons (Fsp3) is 0.474. The topological polar surface area (TPSA) is 58.6 Å². The second-order valence-electron chi connectivity index (χ2n) is 6.96. The Morgan fingerprint density at radius 3 is 2.75 bits per heavy atom. The average Bonchev–Trinajstić information content (AvgIpc) is 2.52. The second kappa shape index (κ2) is 7.51. The molecule has 1 aliphatic rings. The molecule has 130 valence electrons. The Morgan fingerprint density at radius 1 is 1.38 bits per heavy atom. The van der Waals surface area contributed by atoms with Gasteiger partial charge in [-0.3, -0.25) is 9.69 Å². The van der Waals surface area contributed by atoms with Crippen LogP contribution in [0.5, 0.6) is 0 Å². The Balaban J connectivity index is 2.18. The van der Waals surface area contributed by atoms with Crippen molar-refractivity contribution in [2.45, 2.75) is 51.7 Å². The molecule has 0 fully saturated rings. The number of carbonyl (C=O) groups is 2. The molecule has 1 unspecified atom stereocenters. The number of hydrogen-bond donors (Lipinski definition) is 1. The SMILES string of the molecule is C=CC(=O)NCCC1CCc2ccccc2N1C(=O)OC(C)(C)C. The lowest BCUT2D eigenvalue weighted by atomic mass is 9.94. The maximum absolute atomic E-state index is 12.7. The number of carbonyl (C=O) groups excluding carboxylic acids is 2. The van der Waals surface area contributed by atoms with Gasteiger partial charge >= 0.3 is 6.09 Å². The molecule has 0 saturated carbocycles. The summed E-state index contributed by atoms with van der Waals surface area (Å²) in [6.07, 6.45) is 3.35. The van der Waals surface area contributed by atoms with E-state index in [4.69, 9.17) is 4.74 Å². The molecule has 2 amide bonds. The summed E-state index contributed by atoms with van der Waals surface area (Å²) in [6.45, 7) is 9.52. The van der Waals surface area contributed by atoms with Gasteiger partial charge in [0.05, 0.1) is 5.69 Å². The molecule has 0 aromatic heterocycles. The Labute approximate surface area is 143 Å². The van der Waals surface area contributed by atoms with Crippen molar-refractivity contribution >= 4 is 17.7 Å². The zero-order valence-electron chi connectivity index (χ0n) is 14.7. The van der Waals surface area contributed by atoms with Crippen LogP contribution < -0.4 is 10.2 Å². The van der Waals surface area contributed by atoms with Gasteiger partial charge in [0.2, 0.25) is 5.91 Å². The molecule has 2 rings (SSSR count). The first-order valence-corrected chi connectivity index (χ1v) is 8.32. The van der Waals surface area contributed by atoms with E-state index >= 15 is 0 Å². The van der Waals surface area contributed by atoms with Crippen LogP contribution in [-0.4, -0.2) is 30.2 Å². The first kappa shape index (κ1) is 18.0. The number of nitrogens with one attached hydrogen (secondary N) is 1. The van der Waals surface area contributed by atoms with Crippen LogP contribution in [0.2, 0.25) is 0 Å². The summed E-state index contributed by atoms with van der Waals surface area (Å²) in [6, 6.07) is 7.91. The van der Waals surface area contributed by atoms with Crippen LogP contribution in [0.15, 0.2) is 36.9 Å². The van der Waals surface area contributed by atoms with Gasteiger partial charge in [0.1, 0.15) is 5.60 Å². The van der Waals surface area contributed by atoms with Gasteiger partial charge in [-0.2, -0.15) is 0 Å². The van der Waals surface area contributed by atoms with Gasteiger partial charge in [-0.15, -0.1) is 0 Å². The zero-order valence-corrected chi connectivity index (χ0v) is 14.7. The highest BCUT2D eigenvalue weighted by Crippen LogP contribution is 2.33. The van der Waals surface area contributed by atoms with Crippen LogP contribution >= 0.6 is 0 Å². The summed E-state index contributed by atoms with van der Waals surface area (Å²) < 4.78 is 5.60. The number of hydrogen-bond acceptors (Lipinski definition) is 3. The summed E-state index contributed by atoms with van der Waals surface area (Å²) in [5, 5.41) is 2.78. The third-order valence-corrected chi connectivity index (χ3v) is 3.92. The van der Waals surface area contributed by atoms with Gasteiger partial charge in [0, 0.05) is 12.6 Å². The number of fused-ring (bicyclic) bond motifs is 1. The highest BCUT2D eigenvalue weighted by molar-refractivity contribution is 5.90. The van der Waals surface area contributed by atoms with Crippen molar-refractivity contribution in [1.82, 2.24) is 5.32 Å². The van der Waals surface area contributed by atoms with E-state index in [1.807, 2.05) is 45.0 Å². The standard InChI is InChI=1S/C19H26N2O3/c1-5-17(22)20-13-12-15-11-10-14-8-6-7-9-16(14)21(15)18(23)24-19(2,3)4/h5-9,15H,1,10-13H2,2-4H3,(H,20,22). The number of para-hydroxylation sites is 1. The van der Waals surface area contributed by atoms with E-state index in [9.17, 15) is 9.59 Å². The van der Waals surface area contributed by atoms with Gasteiger partial charge in [0.15, 0.2) is 0 Å². The van der Waals surface area contributed by atoms with Crippen LogP contribution in [0.1, 0.15) is 39.2 Å². The smallest absolute Gasteiger partial charge is 0.415 e. The molecule has 1 aromatic carbocycles. The van der Waals surface area contributed by atoms with Crippen molar-refractivity contribution in [2.24, 2.45) is 0 Å². The van der Waals surface area contributed by atoms with Crippen molar-refractivity contribution in [1.29, 1.82) is 0 Å². The molecule has 1 N–H and O–H groups in total. The molecule has 5 heteroatoms. The number of rotatable bonds is 4. The summed E-state index contributed by atoms with van der Waals surface area (Å²) in [4.78, 5) is 25.8. The Kier molecular flexibility index (Phi) is 5.65. The van der Waals surface area contributed by atoms with Crippen LogP contribution in [-0.2, 0) is 16.0 Å². The minimum absolute atomic E-state index is 0.000125. The van der Waals surface area contributed by atoms with E-state index in [-0.39, 0.29) is 18.0 Å². The Bertz CT molecular complexity index is 619. The summed E-state index contributed by atoms with van der Waals surface area (Å²) >= 11 is 0. The highest BCUT2D eigenvalue weighted by Gasteiger charge is 2.33. The largest absolute Gasteiger partial charge is 0.443 e. The quantitative estimate of drug-likeness (QED) is 0.861. The predicted molar refractivity (Wildman–Crippen MR) is 95.1 cm³/mol. The molecule has 5 nitrogen and oxygen atoms in total.